The SMILES string of the molecule is CC(=O)OC1(C)CC(OC(=O)Nc2cc3cc(-c4cnc5c(c4C)N(C(=O)OC(C)(C)C)CCO5)c(F)c(NC(=O)OC(C)(C)C)c3cn2)C1. The van der Waals surface area contributed by atoms with Crippen LogP contribution in [0.15, 0.2) is 24.5 Å². The lowest BCUT2D eigenvalue weighted by Crippen LogP contribution is -2.49. The third kappa shape index (κ3) is 8.14. The Labute approximate surface area is 289 Å². The van der Waals surface area contributed by atoms with E-state index in [1.165, 1.54) is 36.4 Å². The first-order chi connectivity index (χ1) is 23.2. The van der Waals surface area contributed by atoms with E-state index in [1.54, 1.807) is 55.4 Å². The molecule has 1 aliphatic carbocycles. The zero-order valence-electron chi connectivity index (χ0n) is 29.6. The average molecular weight is 696 g/mol. The number of aromatic nitrogens is 2. The summed E-state index contributed by atoms with van der Waals surface area (Å²) in [6.45, 7) is 15.4. The van der Waals surface area contributed by atoms with Crippen LogP contribution in [0.2, 0.25) is 0 Å². The zero-order valence-corrected chi connectivity index (χ0v) is 29.6. The fourth-order valence-corrected chi connectivity index (χ4v) is 5.87. The van der Waals surface area contributed by atoms with Crippen molar-refractivity contribution < 1.29 is 47.3 Å². The monoisotopic (exact) mass is 695 g/mol. The molecule has 2 aromatic heterocycles. The molecule has 1 aromatic carbocycles. The van der Waals surface area contributed by atoms with Crippen LogP contribution in [0.4, 0.5) is 36.0 Å². The Morgan fingerprint density at radius 2 is 1.64 bits per heavy atom. The average Bonchev–Trinajstić information content (AvgIpc) is 2.95. The third-order valence-electron chi connectivity index (χ3n) is 7.80. The van der Waals surface area contributed by atoms with Gasteiger partial charge in [0, 0.05) is 48.7 Å². The van der Waals surface area contributed by atoms with Crippen LogP contribution in [0.5, 0.6) is 5.88 Å². The maximum atomic E-state index is 16.6. The number of carbonyl (C=O) groups excluding carboxylic acids is 4. The van der Waals surface area contributed by atoms with Crippen molar-refractivity contribution in [2.75, 3.05) is 28.7 Å². The second-order valence-corrected chi connectivity index (χ2v) is 14.6. The molecule has 0 unspecified atom stereocenters. The first-order valence-corrected chi connectivity index (χ1v) is 16.1. The van der Waals surface area contributed by atoms with Gasteiger partial charge >= 0.3 is 24.2 Å². The molecule has 0 spiro atoms. The summed E-state index contributed by atoms with van der Waals surface area (Å²) in [5.74, 6) is -0.945. The normalized spacial score (nSPS) is 18.6. The molecule has 268 valence electrons. The van der Waals surface area contributed by atoms with Gasteiger partial charge in [-0.1, -0.05) is 0 Å². The number of nitrogens with one attached hydrogen (secondary N) is 2. The predicted molar refractivity (Wildman–Crippen MR) is 182 cm³/mol. The minimum atomic E-state index is -0.897. The summed E-state index contributed by atoms with van der Waals surface area (Å²) in [6, 6.07) is 3.03. The summed E-state index contributed by atoms with van der Waals surface area (Å²) in [6.07, 6.45) is 0.673. The van der Waals surface area contributed by atoms with Gasteiger partial charge in [-0.05, 0) is 78.5 Å². The van der Waals surface area contributed by atoms with E-state index in [1.807, 2.05) is 0 Å². The van der Waals surface area contributed by atoms with Gasteiger partial charge < -0.3 is 23.7 Å². The molecule has 0 radical (unpaired) electrons. The van der Waals surface area contributed by atoms with Crippen LogP contribution in [-0.2, 0) is 23.7 Å². The lowest BCUT2D eigenvalue weighted by atomic mass is 9.79. The fraction of sp³-hybridized carbons (Fsp3) is 0.486. The second-order valence-electron chi connectivity index (χ2n) is 14.6. The molecule has 1 fully saturated rings. The predicted octanol–water partition coefficient (Wildman–Crippen LogP) is 7.26. The van der Waals surface area contributed by atoms with E-state index in [2.05, 4.69) is 20.6 Å². The van der Waals surface area contributed by atoms with Gasteiger partial charge in [-0.3, -0.25) is 20.3 Å². The van der Waals surface area contributed by atoms with Crippen molar-refractivity contribution in [3.05, 3.63) is 35.9 Å². The number of fused-ring (bicyclic) bond motifs is 2. The highest BCUT2D eigenvalue weighted by Crippen LogP contribution is 2.43. The highest BCUT2D eigenvalue weighted by Gasteiger charge is 2.45. The maximum Gasteiger partial charge on any atom is 0.415 e. The number of ether oxygens (including phenoxy) is 5. The van der Waals surface area contributed by atoms with Crippen molar-refractivity contribution in [2.45, 2.75) is 98.1 Å². The topological polar surface area (TPSA) is 168 Å². The lowest BCUT2D eigenvalue weighted by Gasteiger charge is -2.42. The van der Waals surface area contributed by atoms with Crippen molar-refractivity contribution in [2.24, 2.45) is 0 Å². The molecule has 15 heteroatoms. The molecule has 1 saturated carbocycles. The van der Waals surface area contributed by atoms with Crippen molar-refractivity contribution >= 4 is 52.2 Å². The Hall–Kier alpha value is -5.21. The highest BCUT2D eigenvalue weighted by atomic mass is 19.1. The first kappa shape index (κ1) is 36.1. The van der Waals surface area contributed by atoms with E-state index >= 15 is 4.39 Å². The number of halogens is 1. The Balaban J connectivity index is 1.53. The summed E-state index contributed by atoms with van der Waals surface area (Å²) in [5.41, 5.74) is -1.42. The molecule has 14 nitrogen and oxygen atoms in total. The molecule has 0 atom stereocenters. The number of amides is 3. The quantitative estimate of drug-likeness (QED) is 0.204. The second kappa shape index (κ2) is 13.2. The Bertz CT molecular complexity index is 1860. The number of benzene rings is 1. The largest absolute Gasteiger partial charge is 0.474 e. The summed E-state index contributed by atoms with van der Waals surface area (Å²) in [7, 11) is 0. The van der Waals surface area contributed by atoms with Crippen LogP contribution in [0, 0.1) is 12.7 Å². The molecule has 2 aliphatic rings. The van der Waals surface area contributed by atoms with Crippen LogP contribution in [-0.4, -0.2) is 70.3 Å². The summed E-state index contributed by atoms with van der Waals surface area (Å²) in [5, 5.41) is 5.71. The molecule has 2 N–H and O–H groups in total. The molecular weight excluding hydrogens is 653 g/mol. The first-order valence-electron chi connectivity index (χ1n) is 16.1. The minimum absolute atomic E-state index is 0.0324. The van der Waals surface area contributed by atoms with E-state index in [-0.39, 0.29) is 41.5 Å². The molecule has 5 rings (SSSR count). The van der Waals surface area contributed by atoms with E-state index in [9.17, 15) is 19.2 Å². The third-order valence-corrected chi connectivity index (χ3v) is 7.80. The van der Waals surface area contributed by atoms with Gasteiger partial charge in [0.05, 0.1) is 12.2 Å². The molecule has 3 aromatic rings. The number of pyridine rings is 2. The molecular formula is C35H42FN5O9. The Kier molecular flexibility index (Phi) is 9.56. The Morgan fingerprint density at radius 3 is 2.28 bits per heavy atom. The van der Waals surface area contributed by atoms with Gasteiger partial charge in [0.1, 0.15) is 41.0 Å². The van der Waals surface area contributed by atoms with Crippen LogP contribution < -0.4 is 20.3 Å². The fourth-order valence-electron chi connectivity index (χ4n) is 5.87. The summed E-state index contributed by atoms with van der Waals surface area (Å²) < 4.78 is 44.1. The van der Waals surface area contributed by atoms with Crippen LogP contribution in [0.25, 0.3) is 21.9 Å². The molecule has 1 aliphatic heterocycles. The van der Waals surface area contributed by atoms with Crippen LogP contribution in [0.1, 0.15) is 73.8 Å². The number of carbonyl (C=O) groups is 4. The smallest absolute Gasteiger partial charge is 0.415 e. The summed E-state index contributed by atoms with van der Waals surface area (Å²) in [4.78, 5) is 60.3. The highest BCUT2D eigenvalue weighted by molar-refractivity contribution is 6.05. The standard InChI is InChI=1S/C35H42FN5O9/c1-18-23(16-38-29-28(18)41(10-11-46-29)32(45)50-34(6,7)8)22-12-20-13-25(39-30(43)47-21-14-35(9,15-21)48-19(2)42)37-17-24(20)27(26(22)36)40-31(44)49-33(3,4)5/h12-13,16-17,21H,10-11,14-15H2,1-9H3,(H,40,44)(H,37,39,43). The van der Waals surface area contributed by atoms with E-state index < -0.39 is 53.0 Å². The van der Waals surface area contributed by atoms with Gasteiger partial charge in [-0.25, -0.2) is 28.7 Å². The molecule has 0 bridgehead atoms. The van der Waals surface area contributed by atoms with Crippen molar-refractivity contribution in [3.8, 4) is 17.0 Å². The van der Waals surface area contributed by atoms with Gasteiger partial charge in [0.15, 0.2) is 5.82 Å². The van der Waals surface area contributed by atoms with Gasteiger partial charge in [0.2, 0.25) is 5.88 Å². The number of anilines is 3. The molecule has 50 heavy (non-hydrogen) atoms. The molecule has 3 amide bonds. The number of hydrogen-bond donors (Lipinski definition) is 2. The summed E-state index contributed by atoms with van der Waals surface area (Å²) >= 11 is 0. The number of nitrogens with zero attached hydrogens (tertiary/aromatic N) is 3. The zero-order chi connectivity index (χ0) is 36.8. The van der Waals surface area contributed by atoms with Gasteiger partial charge in [0.25, 0.3) is 0 Å². The molecule has 0 saturated heterocycles. The maximum absolute atomic E-state index is 16.6. The number of rotatable bonds is 5. The van der Waals surface area contributed by atoms with E-state index in [0.29, 0.717) is 35.0 Å². The van der Waals surface area contributed by atoms with E-state index in [4.69, 9.17) is 23.7 Å². The Morgan fingerprint density at radius 1 is 0.960 bits per heavy atom. The van der Waals surface area contributed by atoms with Crippen LogP contribution in [0.3, 0.4) is 0 Å². The van der Waals surface area contributed by atoms with Gasteiger partial charge in [-0.2, -0.15) is 0 Å². The minimum Gasteiger partial charge on any atom is -0.474 e. The molecule has 3 heterocycles. The van der Waals surface area contributed by atoms with Crippen molar-refractivity contribution in [1.29, 1.82) is 0 Å². The number of hydrogen-bond acceptors (Lipinski definition) is 11. The van der Waals surface area contributed by atoms with E-state index in [0.717, 1.165) is 0 Å². The number of esters is 1. The van der Waals surface area contributed by atoms with Gasteiger partial charge in [-0.15, -0.1) is 0 Å². The van der Waals surface area contributed by atoms with Crippen molar-refractivity contribution in [3.63, 3.8) is 0 Å². The van der Waals surface area contributed by atoms with Crippen LogP contribution >= 0.6 is 0 Å². The lowest BCUT2D eigenvalue weighted by molar-refractivity contribution is -0.176. The van der Waals surface area contributed by atoms with Crippen molar-refractivity contribution in [1.82, 2.24) is 9.97 Å².